The minimum atomic E-state index is 0.106. The molecule has 0 bridgehead atoms. The monoisotopic (exact) mass is 401 g/mol. The smallest absolute Gasteiger partial charge is 0.0682 e. The van der Waals surface area contributed by atoms with Crippen LogP contribution in [-0.4, -0.2) is 39.6 Å². The molecule has 4 nitrogen and oxygen atoms in total. The largest absolute Gasteiger partial charge is 0.392 e. The van der Waals surface area contributed by atoms with E-state index >= 15 is 0 Å². The zero-order valence-corrected chi connectivity index (χ0v) is 17.5. The van der Waals surface area contributed by atoms with Crippen molar-refractivity contribution in [3.8, 4) is 0 Å². The van der Waals surface area contributed by atoms with E-state index in [2.05, 4.69) is 63.7 Å². The van der Waals surface area contributed by atoms with Gasteiger partial charge in [0.1, 0.15) is 0 Å². The summed E-state index contributed by atoms with van der Waals surface area (Å²) in [5.74, 6) is 0.685. The molecule has 1 fully saturated rings. The Kier molecular flexibility index (Phi) is 5.60. The molecular formula is C26H31N3O. The van der Waals surface area contributed by atoms with Gasteiger partial charge in [-0.05, 0) is 92.5 Å². The summed E-state index contributed by atoms with van der Waals surface area (Å²) in [6.45, 7) is 3.72. The number of unbranched alkanes of at least 4 members (excludes halogenated alkanes) is 1. The van der Waals surface area contributed by atoms with Gasteiger partial charge in [0.2, 0.25) is 0 Å². The number of rotatable bonds is 7. The zero-order valence-electron chi connectivity index (χ0n) is 17.5. The van der Waals surface area contributed by atoms with E-state index in [1.54, 1.807) is 0 Å². The molecule has 0 aliphatic carbocycles. The summed E-state index contributed by atoms with van der Waals surface area (Å²) in [4.78, 5) is 9.45. The van der Waals surface area contributed by atoms with Crippen LogP contribution >= 0.6 is 0 Å². The molecule has 1 aliphatic rings. The van der Waals surface area contributed by atoms with Crippen LogP contribution in [0.2, 0.25) is 0 Å². The average Bonchev–Trinajstić information content (AvgIpc) is 3.41. The van der Waals surface area contributed by atoms with Gasteiger partial charge >= 0.3 is 0 Å². The van der Waals surface area contributed by atoms with Gasteiger partial charge in [0.15, 0.2) is 0 Å². The van der Waals surface area contributed by atoms with Crippen molar-refractivity contribution in [2.45, 2.75) is 44.6 Å². The molecule has 1 saturated heterocycles. The van der Waals surface area contributed by atoms with Crippen LogP contribution in [0.3, 0.4) is 0 Å². The van der Waals surface area contributed by atoms with Gasteiger partial charge in [0.25, 0.3) is 0 Å². The van der Waals surface area contributed by atoms with E-state index in [9.17, 15) is 5.11 Å². The molecule has 156 valence electrons. The molecule has 4 heteroatoms. The fraction of sp³-hybridized carbons (Fsp3) is 0.385. The first-order chi connectivity index (χ1) is 14.8. The topological polar surface area (TPSA) is 55.0 Å². The van der Waals surface area contributed by atoms with Crippen molar-refractivity contribution in [2.75, 3.05) is 19.6 Å². The van der Waals surface area contributed by atoms with Gasteiger partial charge < -0.3 is 20.0 Å². The molecule has 30 heavy (non-hydrogen) atoms. The fourth-order valence-electron chi connectivity index (χ4n) is 5.08. The lowest BCUT2D eigenvalue weighted by atomic mass is 9.89. The highest BCUT2D eigenvalue weighted by Crippen LogP contribution is 2.33. The minimum absolute atomic E-state index is 0.106. The number of hydrogen-bond donors (Lipinski definition) is 3. The summed E-state index contributed by atoms with van der Waals surface area (Å²) >= 11 is 0. The van der Waals surface area contributed by atoms with Crippen molar-refractivity contribution < 1.29 is 5.11 Å². The third-order valence-corrected chi connectivity index (χ3v) is 6.83. The third-order valence-electron chi connectivity index (χ3n) is 6.83. The highest BCUT2D eigenvalue weighted by molar-refractivity contribution is 5.84. The Hall–Kier alpha value is -2.56. The summed E-state index contributed by atoms with van der Waals surface area (Å²) < 4.78 is 0. The lowest BCUT2D eigenvalue weighted by molar-refractivity contribution is 0.209. The SMILES string of the molecule is OCc1ccc2[nH]cc(CCCCN3CCC(c4c[nH]c5ccccc45)CC3)c2c1. The number of H-pyrrole nitrogens is 2. The Balaban J connectivity index is 1.10. The van der Waals surface area contributed by atoms with Crippen molar-refractivity contribution in [2.24, 2.45) is 0 Å². The van der Waals surface area contributed by atoms with Gasteiger partial charge in [-0.1, -0.05) is 24.3 Å². The molecule has 0 atom stereocenters. The second-order valence-corrected chi connectivity index (χ2v) is 8.71. The normalized spacial score (nSPS) is 16.0. The van der Waals surface area contributed by atoms with Gasteiger partial charge in [0.05, 0.1) is 6.61 Å². The predicted octanol–water partition coefficient (Wildman–Crippen LogP) is 5.34. The number of nitrogens with one attached hydrogen (secondary N) is 2. The van der Waals surface area contributed by atoms with Crippen molar-refractivity contribution in [1.82, 2.24) is 14.9 Å². The maximum absolute atomic E-state index is 9.40. The molecule has 4 aromatic rings. The van der Waals surface area contributed by atoms with Crippen LogP contribution in [0.1, 0.15) is 48.3 Å². The predicted molar refractivity (Wildman–Crippen MR) is 124 cm³/mol. The van der Waals surface area contributed by atoms with Gasteiger partial charge in [-0.3, -0.25) is 0 Å². The molecule has 0 radical (unpaired) electrons. The van der Waals surface area contributed by atoms with Gasteiger partial charge in [-0.15, -0.1) is 0 Å². The summed E-state index contributed by atoms with van der Waals surface area (Å²) in [6, 6.07) is 14.9. The van der Waals surface area contributed by atoms with Crippen molar-refractivity contribution in [3.63, 3.8) is 0 Å². The van der Waals surface area contributed by atoms with Crippen LogP contribution in [0.25, 0.3) is 21.8 Å². The Morgan fingerprint density at radius 3 is 2.57 bits per heavy atom. The van der Waals surface area contributed by atoms with Crippen molar-refractivity contribution in [1.29, 1.82) is 0 Å². The molecule has 2 aromatic heterocycles. The Morgan fingerprint density at radius 1 is 0.900 bits per heavy atom. The number of aliphatic hydroxyl groups excluding tert-OH is 1. The van der Waals surface area contributed by atoms with E-state index in [-0.39, 0.29) is 6.61 Å². The minimum Gasteiger partial charge on any atom is -0.392 e. The number of aromatic nitrogens is 2. The summed E-state index contributed by atoms with van der Waals surface area (Å²) in [5, 5.41) is 12.1. The fourth-order valence-corrected chi connectivity index (χ4v) is 5.08. The molecule has 0 spiro atoms. The molecule has 0 amide bonds. The van der Waals surface area contributed by atoms with Crippen LogP contribution in [0.5, 0.6) is 0 Å². The number of aromatic amines is 2. The molecule has 5 rings (SSSR count). The summed E-state index contributed by atoms with van der Waals surface area (Å²) in [6.07, 6.45) is 10.4. The first-order valence-electron chi connectivity index (χ1n) is 11.3. The van der Waals surface area contributed by atoms with Crippen LogP contribution < -0.4 is 0 Å². The summed E-state index contributed by atoms with van der Waals surface area (Å²) in [5.41, 5.74) is 6.30. The number of para-hydroxylation sites is 1. The molecular weight excluding hydrogens is 370 g/mol. The zero-order chi connectivity index (χ0) is 20.3. The van der Waals surface area contributed by atoms with E-state index in [0.29, 0.717) is 5.92 Å². The number of benzene rings is 2. The molecule has 0 saturated carbocycles. The quantitative estimate of drug-likeness (QED) is 0.366. The van der Waals surface area contributed by atoms with Crippen LogP contribution in [0.4, 0.5) is 0 Å². The summed E-state index contributed by atoms with van der Waals surface area (Å²) in [7, 11) is 0. The Labute approximate surface area is 177 Å². The molecule has 1 aliphatic heterocycles. The standard InChI is InChI=1S/C26H31N3O/c30-18-19-8-9-26-23(15-19)21(16-27-26)5-3-4-12-29-13-10-20(11-14-29)24-17-28-25-7-2-1-6-22(24)25/h1-2,6-9,15-17,20,27-28,30H,3-5,10-14,18H2. The second-order valence-electron chi connectivity index (χ2n) is 8.71. The number of aryl methyl sites for hydroxylation is 1. The first kappa shape index (κ1) is 19.4. The van der Waals surface area contributed by atoms with E-state index < -0.39 is 0 Å². The number of fused-ring (bicyclic) bond motifs is 2. The highest BCUT2D eigenvalue weighted by Gasteiger charge is 2.22. The van der Waals surface area contributed by atoms with E-state index in [1.165, 1.54) is 78.3 Å². The average molecular weight is 402 g/mol. The Morgan fingerprint density at radius 2 is 1.70 bits per heavy atom. The Bertz CT molecular complexity index is 1120. The van der Waals surface area contributed by atoms with E-state index in [4.69, 9.17) is 0 Å². The van der Waals surface area contributed by atoms with Crippen molar-refractivity contribution in [3.05, 3.63) is 71.5 Å². The first-order valence-corrected chi connectivity index (χ1v) is 11.3. The molecule has 3 heterocycles. The third kappa shape index (κ3) is 3.90. The number of hydrogen-bond acceptors (Lipinski definition) is 2. The van der Waals surface area contributed by atoms with Crippen LogP contribution in [-0.2, 0) is 13.0 Å². The van der Waals surface area contributed by atoms with Crippen molar-refractivity contribution >= 4 is 21.8 Å². The van der Waals surface area contributed by atoms with Gasteiger partial charge in [-0.2, -0.15) is 0 Å². The lowest BCUT2D eigenvalue weighted by Crippen LogP contribution is -2.33. The number of piperidine rings is 1. The lowest BCUT2D eigenvalue weighted by Gasteiger charge is -2.32. The van der Waals surface area contributed by atoms with Gasteiger partial charge in [-0.25, -0.2) is 0 Å². The molecule has 3 N–H and O–H groups in total. The number of likely N-dealkylation sites (tertiary alicyclic amines) is 1. The maximum atomic E-state index is 9.40. The van der Waals surface area contributed by atoms with Crippen LogP contribution in [0, 0.1) is 0 Å². The molecule has 2 aromatic carbocycles. The maximum Gasteiger partial charge on any atom is 0.0682 e. The van der Waals surface area contributed by atoms with Gasteiger partial charge in [0, 0.05) is 34.2 Å². The highest BCUT2D eigenvalue weighted by atomic mass is 16.3. The number of aliphatic hydroxyl groups is 1. The number of nitrogens with zero attached hydrogens (tertiary/aromatic N) is 1. The molecule has 0 unspecified atom stereocenters. The van der Waals surface area contributed by atoms with Crippen LogP contribution in [0.15, 0.2) is 54.9 Å². The second kappa shape index (κ2) is 8.66. The van der Waals surface area contributed by atoms with E-state index in [0.717, 1.165) is 12.0 Å². The van der Waals surface area contributed by atoms with E-state index in [1.807, 2.05) is 6.07 Å².